The van der Waals surface area contributed by atoms with Crippen LogP contribution in [0.25, 0.3) is 21.5 Å². The van der Waals surface area contributed by atoms with Gasteiger partial charge in [0.15, 0.2) is 11.5 Å². The van der Waals surface area contributed by atoms with Crippen LogP contribution in [0.15, 0.2) is 54.0 Å². The third kappa shape index (κ3) is 3.82. The number of ether oxygens (including phenoxy) is 2. The molecule has 6 nitrogen and oxygen atoms in total. The van der Waals surface area contributed by atoms with Crippen molar-refractivity contribution in [2.24, 2.45) is 7.05 Å². The lowest BCUT2D eigenvalue weighted by Gasteiger charge is -2.08. The molecule has 4 aromatic rings. The Labute approximate surface area is 172 Å². The summed E-state index contributed by atoms with van der Waals surface area (Å²) in [4.78, 5) is 17.2. The smallest absolute Gasteiger partial charge is 0.230 e. The zero-order chi connectivity index (χ0) is 20.4. The lowest BCUT2D eigenvalue weighted by atomic mass is 10.2. The van der Waals surface area contributed by atoms with Crippen LogP contribution in [0.1, 0.15) is 5.69 Å². The summed E-state index contributed by atoms with van der Waals surface area (Å²) in [5, 5.41) is 6.77. The minimum atomic E-state index is -0.0921. The first-order valence-electron chi connectivity index (χ1n) is 9.09. The van der Waals surface area contributed by atoms with Crippen LogP contribution in [0.5, 0.6) is 11.5 Å². The normalized spacial score (nSPS) is 10.9. The molecule has 0 radical (unpaired) electrons. The van der Waals surface area contributed by atoms with Gasteiger partial charge in [0.25, 0.3) is 0 Å². The molecule has 4 rings (SSSR count). The lowest BCUT2D eigenvalue weighted by molar-refractivity contribution is -0.115. The number of amides is 1. The van der Waals surface area contributed by atoms with Crippen molar-refractivity contribution < 1.29 is 14.3 Å². The number of nitrogens with one attached hydrogen (secondary N) is 1. The first-order valence-corrected chi connectivity index (χ1v) is 9.97. The molecule has 1 amide bonds. The van der Waals surface area contributed by atoms with Gasteiger partial charge in [0.1, 0.15) is 5.01 Å². The van der Waals surface area contributed by atoms with Crippen molar-refractivity contribution in [3.63, 3.8) is 0 Å². The maximum Gasteiger partial charge on any atom is 0.230 e. The number of benzene rings is 2. The summed E-state index contributed by atoms with van der Waals surface area (Å²) in [6.07, 6.45) is 2.20. The molecule has 0 aliphatic heterocycles. The number of anilines is 1. The fourth-order valence-electron chi connectivity index (χ4n) is 3.26. The van der Waals surface area contributed by atoms with Crippen LogP contribution in [-0.2, 0) is 18.3 Å². The fraction of sp³-hybridized carbons (Fsp3) is 0.182. The van der Waals surface area contributed by atoms with Gasteiger partial charge in [-0.05, 0) is 36.4 Å². The van der Waals surface area contributed by atoms with Crippen LogP contribution in [-0.4, -0.2) is 29.7 Å². The molecule has 1 N–H and O–H groups in total. The van der Waals surface area contributed by atoms with Crippen LogP contribution >= 0.6 is 11.3 Å². The second-order valence-electron chi connectivity index (χ2n) is 6.60. The van der Waals surface area contributed by atoms with E-state index >= 15 is 0 Å². The van der Waals surface area contributed by atoms with Crippen molar-refractivity contribution in [2.45, 2.75) is 6.42 Å². The quantitative estimate of drug-likeness (QED) is 0.511. The molecule has 0 unspecified atom stereocenters. The van der Waals surface area contributed by atoms with E-state index in [0.29, 0.717) is 11.5 Å². The highest BCUT2D eigenvalue weighted by atomic mass is 32.1. The Morgan fingerprint density at radius 3 is 2.76 bits per heavy atom. The second kappa shape index (κ2) is 7.97. The fourth-order valence-corrected chi connectivity index (χ4v) is 4.08. The molecule has 29 heavy (non-hydrogen) atoms. The number of hydrogen-bond donors (Lipinski definition) is 1. The highest BCUT2D eigenvalue weighted by Gasteiger charge is 2.13. The van der Waals surface area contributed by atoms with E-state index in [4.69, 9.17) is 9.47 Å². The highest BCUT2D eigenvalue weighted by Crippen LogP contribution is 2.33. The van der Waals surface area contributed by atoms with Crippen LogP contribution in [0.4, 0.5) is 5.69 Å². The van der Waals surface area contributed by atoms with Crippen molar-refractivity contribution >= 4 is 33.8 Å². The first kappa shape index (κ1) is 19.0. The number of fused-ring (bicyclic) bond motifs is 1. The molecular weight excluding hydrogens is 386 g/mol. The van der Waals surface area contributed by atoms with Gasteiger partial charge in [0.2, 0.25) is 5.91 Å². The average molecular weight is 407 g/mol. The largest absolute Gasteiger partial charge is 0.493 e. The van der Waals surface area contributed by atoms with E-state index in [1.54, 1.807) is 14.2 Å². The average Bonchev–Trinajstić information content (AvgIpc) is 3.35. The van der Waals surface area contributed by atoms with E-state index in [1.807, 2.05) is 65.7 Å². The molecule has 0 bridgehead atoms. The molecule has 2 heterocycles. The van der Waals surface area contributed by atoms with Crippen molar-refractivity contribution in [3.8, 4) is 22.1 Å². The molecule has 2 aromatic heterocycles. The van der Waals surface area contributed by atoms with Crippen LogP contribution in [0.2, 0.25) is 0 Å². The summed E-state index contributed by atoms with van der Waals surface area (Å²) in [6.45, 7) is 0. The minimum Gasteiger partial charge on any atom is -0.493 e. The minimum absolute atomic E-state index is 0.0921. The Morgan fingerprint density at radius 1 is 1.14 bits per heavy atom. The van der Waals surface area contributed by atoms with Gasteiger partial charge < -0.3 is 19.4 Å². The van der Waals surface area contributed by atoms with Crippen LogP contribution in [0, 0.1) is 0 Å². The number of aryl methyl sites for hydroxylation is 1. The standard InChI is InChI=1S/C22H21N3O3S/c1-25-10-9-16-17(5-4-6-18(16)25)24-21(26)12-15-13-29-22(23-15)14-7-8-19(27-2)20(11-14)28-3/h4-11,13H,12H2,1-3H3,(H,24,26). The molecule has 148 valence electrons. The number of carbonyl (C=O) groups excluding carboxylic acids is 1. The molecule has 0 saturated heterocycles. The molecule has 0 atom stereocenters. The summed E-state index contributed by atoms with van der Waals surface area (Å²) in [7, 11) is 5.19. The third-order valence-corrected chi connectivity index (χ3v) is 5.67. The van der Waals surface area contributed by atoms with E-state index in [9.17, 15) is 4.79 Å². The number of thiazole rings is 1. The Morgan fingerprint density at radius 2 is 1.97 bits per heavy atom. The van der Waals surface area contributed by atoms with Gasteiger partial charge in [-0.1, -0.05) is 6.07 Å². The molecule has 7 heteroatoms. The number of aromatic nitrogens is 2. The molecule has 0 aliphatic carbocycles. The first-order chi connectivity index (χ1) is 14.1. The molecular formula is C22H21N3O3S. The van der Waals surface area contributed by atoms with E-state index in [2.05, 4.69) is 10.3 Å². The summed E-state index contributed by atoms with van der Waals surface area (Å²) >= 11 is 1.50. The predicted octanol–water partition coefficient (Wildman–Crippen LogP) is 4.50. The summed E-state index contributed by atoms with van der Waals surface area (Å²) in [5.41, 5.74) is 3.54. The van der Waals surface area contributed by atoms with E-state index in [0.717, 1.165) is 32.9 Å². The van der Waals surface area contributed by atoms with Crippen molar-refractivity contribution in [1.29, 1.82) is 0 Å². The van der Waals surface area contributed by atoms with Gasteiger partial charge in [0.05, 0.1) is 32.0 Å². The van der Waals surface area contributed by atoms with Crippen LogP contribution in [0.3, 0.4) is 0 Å². The van der Waals surface area contributed by atoms with Crippen LogP contribution < -0.4 is 14.8 Å². The number of hydrogen-bond acceptors (Lipinski definition) is 5. The van der Waals surface area contributed by atoms with Gasteiger partial charge in [-0.2, -0.15) is 0 Å². The maximum absolute atomic E-state index is 12.6. The molecule has 2 aromatic carbocycles. The predicted molar refractivity (Wildman–Crippen MR) is 116 cm³/mol. The third-order valence-electron chi connectivity index (χ3n) is 4.73. The van der Waals surface area contributed by atoms with Gasteiger partial charge >= 0.3 is 0 Å². The van der Waals surface area contributed by atoms with Crippen molar-refractivity contribution in [2.75, 3.05) is 19.5 Å². The summed E-state index contributed by atoms with van der Waals surface area (Å²) < 4.78 is 12.7. The molecule has 0 aliphatic rings. The molecule has 0 saturated carbocycles. The van der Waals surface area contributed by atoms with Gasteiger partial charge in [-0.15, -0.1) is 11.3 Å². The number of nitrogens with zero attached hydrogens (tertiary/aromatic N) is 2. The zero-order valence-corrected chi connectivity index (χ0v) is 17.2. The van der Waals surface area contributed by atoms with Crippen molar-refractivity contribution in [3.05, 3.63) is 59.7 Å². The van der Waals surface area contributed by atoms with E-state index < -0.39 is 0 Å². The maximum atomic E-state index is 12.6. The Kier molecular flexibility index (Phi) is 5.22. The zero-order valence-electron chi connectivity index (χ0n) is 16.4. The Hall–Kier alpha value is -3.32. The summed E-state index contributed by atoms with van der Waals surface area (Å²) in [6, 6.07) is 13.6. The van der Waals surface area contributed by atoms with Crippen molar-refractivity contribution in [1.82, 2.24) is 9.55 Å². The monoisotopic (exact) mass is 407 g/mol. The summed E-state index contributed by atoms with van der Waals surface area (Å²) in [5.74, 6) is 1.23. The molecule has 0 spiro atoms. The Balaban J connectivity index is 1.49. The number of methoxy groups -OCH3 is 2. The number of rotatable bonds is 6. The molecule has 0 fully saturated rings. The SMILES string of the molecule is COc1ccc(-c2nc(CC(=O)Nc3cccc4c3ccn4C)cs2)cc1OC. The lowest BCUT2D eigenvalue weighted by Crippen LogP contribution is -2.14. The van der Waals surface area contributed by atoms with Gasteiger partial charge in [0, 0.05) is 35.1 Å². The highest BCUT2D eigenvalue weighted by molar-refractivity contribution is 7.13. The number of carbonyl (C=O) groups is 1. The van der Waals surface area contributed by atoms with Gasteiger partial charge in [-0.3, -0.25) is 4.79 Å². The van der Waals surface area contributed by atoms with E-state index in [-0.39, 0.29) is 12.3 Å². The Bertz CT molecular complexity index is 1180. The topological polar surface area (TPSA) is 65.4 Å². The van der Waals surface area contributed by atoms with Gasteiger partial charge in [-0.25, -0.2) is 4.98 Å². The second-order valence-corrected chi connectivity index (χ2v) is 7.46. The van der Waals surface area contributed by atoms with E-state index in [1.165, 1.54) is 11.3 Å².